The van der Waals surface area contributed by atoms with Crippen molar-refractivity contribution in [2.24, 2.45) is 0 Å². The summed E-state index contributed by atoms with van der Waals surface area (Å²) in [6.07, 6.45) is 3.52. The molecule has 1 aliphatic rings. The summed E-state index contributed by atoms with van der Waals surface area (Å²) >= 11 is 0. The third kappa shape index (κ3) is 6.54. The summed E-state index contributed by atoms with van der Waals surface area (Å²) in [6, 6.07) is 8.32. The van der Waals surface area contributed by atoms with E-state index in [1.54, 1.807) is 24.3 Å². The molecule has 3 rings (SSSR count). The summed E-state index contributed by atoms with van der Waals surface area (Å²) in [5.74, 6) is 2.15. The summed E-state index contributed by atoms with van der Waals surface area (Å²) < 4.78 is 38.4. The summed E-state index contributed by atoms with van der Waals surface area (Å²) in [5.41, 5.74) is 0. The van der Waals surface area contributed by atoms with Crippen molar-refractivity contribution in [2.45, 2.75) is 24.7 Å². The van der Waals surface area contributed by atoms with Crippen molar-refractivity contribution in [3.05, 3.63) is 36.7 Å². The van der Waals surface area contributed by atoms with Crippen molar-refractivity contribution < 1.29 is 17.9 Å². The third-order valence-electron chi connectivity index (χ3n) is 4.61. The summed E-state index contributed by atoms with van der Waals surface area (Å²) in [5, 5.41) is 3.13. The van der Waals surface area contributed by atoms with Gasteiger partial charge in [-0.15, -0.1) is 0 Å². The second-order valence-corrected chi connectivity index (χ2v) is 8.63. The van der Waals surface area contributed by atoms with Gasteiger partial charge < -0.3 is 19.7 Å². The van der Waals surface area contributed by atoms with Gasteiger partial charge in [0.25, 0.3) is 0 Å². The van der Waals surface area contributed by atoms with E-state index in [-0.39, 0.29) is 11.4 Å². The molecule has 2 N–H and O–H groups in total. The topological polar surface area (TPSA) is 106 Å². The van der Waals surface area contributed by atoms with Crippen molar-refractivity contribution in [1.29, 1.82) is 0 Å². The van der Waals surface area contributed by atoms with Gasteiger partial charge in [-0.1, -0.05) is 13.3 Å². The van der Waals surface area contributed by atoms with Crippen molar-refractivity contribution in [1.82, 2.24) is 14.7 Å². The zero-order valence-electron chi connectivity index (χ0n) is 17.2. The molecule has 0 atom stereocenters. The minimum absolute atomic E-state index is 0.210. The predicted octanol–water partition coefficient (Wildman–Crippen LogP) is 1.88. The molecule has 0 aliphatic carbocycles. The average molecular weight is 436 g/mol. The number of nitrogens with one attached hydrogen (secondary N) is 2. The number of aromatic nitrogens is 2. The number of morpholine rings is 1. The van der Waals surface area contributed by atoms with E-state index in [0.717, 1.165) is 31.7 Å². The number of sulfonamides is 1. The Morgan fingerprint density at radius 1 is 1.13 bits per heavy atom. The molecule has 10 heteroatoms. The first-order valence-corrected chi connectivity index (χ1v) is 11.7. The van der Waals surface area contributed by atoms with Crippen LogP contribution in [-0.2, 0) is 14.8 Å². The van der Waals surface area contributed by atoms with Gasteiger partial charge in [0, 0.05) is 32.2 Å². The molecule has 1 aromatic carbocycles. The largest absolute Gasteiger partial charge is 0.494 e. The second-order valence-electron chi connectivity index (χ2n) is 6.86. The Morgan fingerprint density at radius 3 is 2.63 bits per heavy atom. The van der Waals surface area contributed by atoms with Gasteiger partial charge in [-0.3, -0.25) is 0 Å². The Morgan fingerprint density at radius 2 is 1.90 bits per heavy atom. The Bertz CT molecular complexity index is 886. The molecule has 1 saturated heterocycles. The monoisotopic (exact) mass is 435 g/mol. The molecular formula is C20H29N5O4S. The molecular weight excluding hydrogens is 406 g/mol. The maximum absolute atomic E-state index is 12.5. The van der Waals surface area contributed by atoms with Crippen molar-refractivity contribution in [2.75, 3.05) is 56.2 Å². The molecule has 0 unspecified atom stereocenters. The van der Waals surface area contributed by atoms with Crippen LogP contribution >= 0.6 is 0 Å². The maximum Gasteiger partial charge on any atom is 0.240 e. The minimum Gasteiger partial charge on any atom is -0.494 e. The number of hydrogen-bond acceptors (Lipinski definition) is 8. The highest BCUT2D eigenvalue weighted by atomic mass is 32.2. The SMILES string of the molecule is CCCCOc1ccc(S(=O)(=O)NCCNc2cc(N3CCOCC3)ncn2)cc1. The molecule has 0 bridgehead atoms. The van der Waals surface area contributed by atoms with Gasteiger partial charge in [-0.2, -0.15) is 0 Å². The number of ether oxygens (including phenoxy) is 2. The molecule has 1 aromatic heterocycles. The lowest BCUT2D eigenvalue weighted by Crippen LogP contribution is -2.36. The first-order valence-electron chi connectivity index (χ1n) is 10.2. The summed E-state index contributed by atoms with van der Waals surface area (Å²) in [4.78, 5) is 10.8. The second kappa shape index (κ2) is 11.1. The first-order chi connectivity index (χ1) is 14.6. The van der Waals surface area contributed by atoms with E-state index in [0.29, 0.717) is 37.9 Å². The third-order valence-corrected chi connectivity index (χ3v) is 6.09. The average Bonchev–Trinajstić information content (AvgIpc) is 2.78. The lowest BCUT2D eigenvalue weighted by molar-refractivity contribution is 0.122. The normalized spacial score (nSPS) is 14.5. The number of hydrogen-bond donors (Lipinski definition) is 2. The van der Waals surface area contributed by atoms with Crippen LogP contribution in [0.3, 0.4) is 0 Å². The van der Waals surface area contributed by atoms with Crippen molar-refractivity contribution in [3.8, 4) is 5.75 Å². The quantitative estimate of drug-likeness (QED) is 0.516. The Labute approximate surface area is 177 Å². The first kappa shape index (κ1) is 22.3. The molecule has 0 amide bonds. The van der Waals surface area contributed by atoms with Crippen LogP contribution in [0.2, 0.25) is 0 Å². The number of rotatable bonds is 11. The van der Waals surface area contributed by atoms with E-state index < -0.39 is 10.0 Å². The number of anilines is 2. The van der Waals surface area contributed by atoms with Gasteiger partial charge in [0.15, 0.2) is 0 Å². The van der Waals surface area contributed by atoms with E-state index in [1.165, 1.54) is 6.33 Å². The number of benzene rings is 1. The Balaban J connectivity index is 1.46. The van der Waals surface area contributed by atoms with Crippen molar-refractivity contribution in [3.63, 3.8) is 0 Å². The van der Waals surface area contributed by atoms with Gasteiger partial charge in [-0.25, -0.2) is 23.1 Å². The van der Waals surface area contributed by atoms with Gasteiger partial charge in [0.05, 0.1) is 24.7 Å². The highest BCUT2D eigenvalue weighted by Crippen LogP contribution is 2.17. The van der Waals surface area contributed by atoms with E-state index in [2.05, 4.69) is 31.8 Å². The molecule has 1 aliphatic heterocycles. The molecule has 1 fully saturated rings. The van der Waals surface area contributed by atoms with Crippen LogP contribution in [0.1, 0.15) is 19.8 Å². The number of unbranched alkanes of at least 4 members (excludes halogenated alkanes) is 1. The Kier molecular flexibility index (Phi) is 8.23. The van der Waals surface area contributed by atoms with Gasteiger partial charge in [-0.05, 0) is 30.7 Å². The van der Waals surface area contributed by atoms with E-state index in [9.17, 15) is 8.42 Å². The highest BCUT2D eigenvalue weighted by molar-refractivity contribution is 7.89. The van der Waals surface area contributed by atoms with Gasteiger partial charge in [0.1, 0.15) is 23.7 Å². The zero-order chi connectivity index (χ0) is 21.2. The lowest BCUT2D eigenvalue weighted by atomic mass is 10.3. The molecule has 0 saturated carbocycles. The smallest absolute Gasteiger partial charge is 0.240 e. The molecule has 0 spiro atoms. The van der Waals surface area contributed by atoms with Crippen LogP contribution in [0.15, 0.2) is 41.6 Å². The lowest BCUT2D eigenvalue weighted by Gasteiger charge is -2.27. The molecule has 2 aromatic rings. The van der Waals surface area contributed by atoms with Crippen molar-refractivity contribution >= 4 is 21.7 Å². The van der Waals surface area contributed by atoms with Crippen LogP contribution in [0.25, 0.3) is 0 Å². The molecule has 164 valence electrons. The summed E-state index contributed by atoms with van der Waals surface area (Å²) in [6.45, 7) is 6.29. The van der Waals surface area contributed by atoms with Crippen LogP contribution in [0.4, 0.5) is 11.6 Å². The fourth-order valence-electron chi connectivity index (χ4n) is 2.92. The zero-order valence-corrected chi connectivity index (χ0v) is 18.0. The molecule has 9 nitrogen and oxygen atoms in total. The number of nitrogens with zero attached hydrogens (tertiary/aromatic N) is 3. The van der Waals surface area contributed by atoms with E-state index in [1.807, 2.05) is 6.07 Å². The van der Waals surface area contributed by atoms with Crippen LogP contribution in [0, 0.1) is 0 Å². The Hall–Kier alpha value is -2.43. The summed E-state index contributed by atoms with van der Waals surface area (Å²) in [7, 11) is -3.58. The molecule has 0 radical (unpaired) electrons. The minimum atomic E-state index is -3.58. The predicted molar refractivity (Wildman–Crippen MR) is 116 cm³/mol. The van der Waals surface area contributed by atoms with Gasteiger partial charge >= 0.3 is 0 Å². The van der Waals surface area contributed by atoms with E-state index >= 15 is 0 Å². The fraction of sp³-hybridized carbons (Fsp3) is 0.500. The molecule has 2 heterocycles. The fourth-order valence-corrected chi connectivity index (χ4v) is 3.95. The van der Waals surface area contributed by atoms with Gasteiger partial charge in [0.2, 0.25) is 10.0 Å². The van der Waals surface area contributed by atoms with Crippen LogP contribution in [-0.4, -0.2) is 64.4 Å². The molecule has 30 heavy (non-hydrogen) atoms. The van der Waals surface area contributed by atoms with E-state index in [4.69, 9.17) is 9.47 Å². The maximum atomic E-state index is 12.5. The standard InChI is InChI=1S/C20H29N5O4S/c1-2-3-12-29-17-4-6-18(7-5-17)30(26,27)24-9-8-21-19-15-20(23-16-22-19)25-10-13-28-14-11-25/h4-7,15-16,24H,2-3,8-14H2,1H3,(H,21,22,23). The van der Waals surface area contributed by atoms with Crippen LogP contribution in [0.5, 0.6) is 5.75 Å². The highest BCUT2D eigenvalue weighted by Gasteiger charge is 2.14. The van der Waals surface area contributed by atoms with Crippen LogP contribution < -0.4 is 19.7 Å².